The second-order valence-corrected chi connectivity index (χ2v) is 7.96. The van der Waals surface area contributed by atoms with Crippen LogP contribution in [0.3, 0.4) is 0 Å². The first-order valence-corrected chi connectivity index (χ1v) is 9.72. The number of hydrogen-bond donors (Lipinski definition) is 3. The Bertz CT molecular complexity index is 623. The Labute approximate surface area is 174 Å². The Balaban J connectivity index is 0.00000392. The van der Waals surface area contributed by atoms with Crippen LogP contribution in [0.15, 0.2) is 24.3 Å². The Kier molecular flexibility index (Phi) is 9.93. The molecule has 0 aromatic heterocycles. The van der Waals surface area contributed by atoms with Crippen molar-refractivity contribution in [2.45, 2.75) is 39.7 Å². The van der Waals surface area contributed by atoms with E-state index in [-0.39, 0.29) is 35.6 Å². The average molecular weight is 412 g/mol. The van der Waals surface area contributed by atoms with Gasteiger partial charge in [0.15, 0.2) is 0 Å². The van der Waals surface area contributed by atoms with Gasteiger partial charge in [0.05, 0.1) is 6.61 Å². The number of methoxy groups -OCH3 is 1. The van der Waals surface area contributed by atoms with Crippen LogP contribution in [0.2, 0.25) is 0 Å². The number of carbonyl (C=O) groups excluding carboxylic acids is 2. The number of aryl methyl sites for hydroxylation is 1. The molecule has 2 rings (SSSR count). The van der Waals surface area contributed by atoms with Gasteiger partial charge in [0, 0.05) is 24.6 Å². The summed E-state index contributed by atoms with van der Waals surface area (Å²) in [6.07, 6.45) is 1.92. The molecule has 1 fully saturated rings. The molecule has 1 aliphatic heterocycles. The van der Waals surface area contributed by atoms with Crippen LogP contribution >= 0.6 is 12.4 Å². The van der Waals surface area contributed by atoms with Crippen molar-refractivity contribution in [2.75, 3.05) is 33.4 Å². The van der Waals surface area contributed by atoms with Crippen molar-refractivity contribution in [3.63, 3.8) is 0 Å². The molecule has 6 nitrogen and oxygen atoms in total. The fourth-order valence-corrected chi connectivity index (χ4v) is 3.48. The van der Waals surface area contributed by atoms with Crippen LogP contribution in [-0.2, 0) is 9.53 Å². The summed E-state index contributed by atoms with van der Waals surface area (Å²) >= 11 is 0. The summed E-state index contributed by atoms with van der Waals surface area (Å²) in [5, 5.41) is 9.30. The predicted octanol–water partition coefficient (Wildman–Crippen LogP) is 2.30. The number of piperidine rings is 1. The Morgan fingerprint density at radius 3 is 2.32 bits per heavy atom. The number of carbonyl (C=O) groups is 2. The Hall–Kier alpha value is -1.63. The third-order valence-electron chi connectivity index (χ3n) is 5.30. The minimum Gasteiger partial charge on any atom is -0.384 e. The molecule has 2 amide bonds. The van der Waals surface area contributed by atoms with Crippen LogP contribution in [0, 0.1) is 18.3 Å². The number of halogens is 1. The number of nitrogens with one attached hydrogen (secondary N) is 3. The predicted molar refractivity (Wildman–Crippen MR) is 114 cm³/mol. The molecule has 158 valence electrons. The van der Waals surface area contributed by atoms with Gasteiger partial charge in [0.25, 0.3) is 5.91 Å². The van der Waals surface area contributed by atoms with Gasteiger partial charge in [0.2, 0.25) is 5.91 Å². The highest BCUT2D eigenvalue weighted by Crippen LogP contribution is 2.28. The first-order chi connectivity index (χ1) is 12.9. The maximum absolute atomic E-state index is 12.8. The zero-order valence-electron chi connectivity index (χ0n) is 17.3. The minimum atomic E-state index is -0.569. The third kappa shape index (κ3) is 6.76. The van der Waals surface area contributed by atoms with E-state index in [1.165, 1.54) is 0 Å². The zero-order valence-corrected chi connectivity index (χ0v) is 18.2. The summed E-state index contributed by atoms with van der Waals surface area (Å²) in [6, 6.07) is 6.78. The van der Waals surface area contributed by atoms with Gasteiger partial charge >= 0.3 is 0 Å². The van der Waals surface area contributed by atoms with Gasteiger partial charge < -0.3 is 20.7 Å². The molecule has 1 atom stereocenters. The lowest BCUT2D eigenvalue weighted by Crippen LogP contribution is -2.53. The minimum absolute atomic E-state index is 0. The molecule has 1 aromatic carbocycles. The molecule has 0 spiro atoms. The van der Waals surface area contributed by atoms with Crippen LogP contribution in [0.25, 0.3) is 0 Å². The van der Waals surface area contributed by atoms with Crippen LogP contribution in [-0.4, -0.2) is 51.2 Å². The van der Waals surface area contributed by atoms with Gasteiger partial charge in [0.1, 0.15) is 6.04 Å². The quantitative estimate of drug-likeness (QED) is 0.613. The van der Waals surface area contributed by atoms with E-state index in [4.69, 9.17) is 4.74 Å². The summed E-state index contributed by atoms with van der Waals surface area (Å²) in [5.41, 5.74) is 1.61. The Morgan fingerprint density at radius 1 is 1.18 bits per heavy atom. The zero-order chi connectivity index (χ0) is 19.9. The largest absolute Gasteiger partial charge is 0.384 e. The molecule has 0 aliphatic carbocycles. The molecule has 1 unspecified atom stereocenters. The van der Waals surface area contributed by atoms with Crippen LogP contribution in [0.4, 0.5) is 0 Å². The molecule has 0 radical (unpaired) electrons. The molecule has 28 heavy (non-hydrogen) atoms. The maximum atomic E-state index is 12.8. The molecular formula is C21H34ClN3O3. The van der Waals surface area contributed by atoms with E-state index in [0.29, 0.717) is 18.7 Å². The topological polar surface area (TPSA) is 79.5 Å². The lowest BCUT2D eigenvalue weighted by atomic mass is 9.79. The average Bonchev–Trinajstić information content (AvgIpc) is 2.65. The first-order valence-electron chi connectivity index (χ1n) is 9.72. The molecule has 0 bridgehead atoms. The van der Waals surface area contributed by atoms with Gasteiger partial charge in [-0.2, -0.15) is 0 Å². The highest BCUT2D eigenvalue weighted by Gasteiger charge is 2.34. The lowest BCUT2D eigenvalue weighted by molar-refractivity contribution is -0.124. The molecule has 3 N–H and O–H groups in total. The van der Waals surface area contributed by atoms with E-state index in [1.807, 2.05) is 32.9 Å². The van der Waals surface area contributed by atoms with E-state index >= 15 is 0 Å². The molecule has 1 heterocycles. The second-order valence-electron chi connectivity index (χ2n) is 7.96. The number of benzene rings is 1. The van der Waals surface area contributed by atoms with E-state index in [0.717, 1.165) is 31.5 Å². The maximum Gasteiger partial charge on any atom is 0.251 e. The number of ether oxygens (including phenoxy) is 1. The second kappa shape index (κ2) is 11.4. The van der Waals surface area contributed by atoms with E-state index in [1.54, 1.807) is 19.2 Å². The highest BCUT2D eigenvalue weighted by atomic mass is 35.5. The van der Waals surface area contributed by atoms with Crippen LogP contribution in [0.1, 0.15) is 42.6 Å². The molecule has 0 saturated carbocycles. The third-order valence-corrected chi connectivity index (χ3v) is 5.30. The van der Waals surface area contributed by atoms with Crippen molar-refractivity contribution < 1.29 is 14.3 Å². The van der Waals surface area contributed by atoms with Crippen molar-refractivity contribution in [1.29, 1.82) is 0 Å². The summed E-state index contributed by atoms with van der Waals surface area (Å²) < 4.78 is 5.41. The number of hydrogen-bond acceptors (Lipinski definition) is 4. The highest BCUT2D eigenvalue weighted by molar-refractivity contribution is 5.97. The summed E-state index contributed by atoms with van der Waals surface area (Å²) in [4.78, 5) is 25.3. The van der Waals surface area contributed by atoms with Gasteiger partial charge in [-0.3, -0.25) is 9.59 Å². The van der Waals surface area contributed by atoms with Crippen molar-refractivity contribution >= 4 is 24.2 Å². The summed E-state index contributed by atoms with van der Waals surface area (Å²) in [6.45, 7) is 8.89. The molecular weight excluding hydrogens is 378 g/mol. The van der Waals surface area contributed by atoms with E-state index in [2.05, 4.69) is 16.0 Å². The fraction of sp³-hybridized carbons (Fsp3) is 0.619. The molecule has 1 saturated heterocycles. The van der Waals surface area contributed by atoms with Crippen LogP contribution < -0.4 is 16.0 Å². The van der Waals surface area contributed by atoms with Gasteiger partial charge in [-0.15, -0.1) is 12.4 Å². The van der Waals surface area contributed by atoms with Gasteiger partial charge in [-0.25, -0.2) is 0 Å². The summed E-state index contributed by atoms with van der Waals surface area (Å²) in [7, 11) is 1.70. The molecule has 1 aliphatic rings. The van der Waals surface area contributed by atoms with E-state index in [9.17, 15) is 9.59 Å². The monoisotopic (exact) mass is 411 g/mol. The lowest BCUT2D eigenvalue weighted by Gasteiger charge is -2.37. The standard InChI is InChI=1S/C21H33N3O3.ClH/c1-15(2)18(24-19(25)17-7-5-16(3)6-8-17)20(26)23-13-21(14-27-4)9-11-22-12-10-21;/h5-8,15,18,22H,9-14H2,1-4H3,(H,23,26)(H,24,25);1H. The van der Waals surface area contributed by atoms with Crippen molar-refractivity contribution in [3.8, 4) is 0 Å². The van der Waals surface area contributed by atoms with E-state index < -0.39 is 6.04 Å². The smallest absolute Gasteiger partial charge is 0.251 e. The number of rotatable bonds is 8. The first kappa shape index (κ1) is 24.4. The van der Waals surface area contributed by atoms with Crippen molar-refractivity contribution in [2.24, 2.45) is 11.3 Å². The van der Waals surface area contributed by atoms with Gasteiger partial charge in [-0.1, -0.05) is 31.5 Å². The van der Waals surface area contributed by atoms with Crippen molar-refractivity contribution in [3.05, 3.63) is 35.4 Å². The SMILES string of the molecule is COCC1(CNC(=O)C(NC(=O)c2ccc(C)cc2)C(C)C)CCNCC1.Cl. The molecule has 1 aromatic rings. The van der Waals surface area contributed by atoms with Gasteiger partial charge in [-0.05, 0) is 50.9 Å². The Morgan fingerprint density at radius 2 is 1.79 bits per heavy atom. The molecule has 7 heteroatoms. The number of amides is 2. The summed E-state index contributed by atoms with van der Waals surface area (Å²) in [5.74, 6) is -0.373. The van der Waals surface area contributed by atoms with Crippen molar-refractivity contribution in [1.82, 2.24) is 16.0 Å². The normalized spacial score (nSPS) is 16.8. The van der Waals surface area contributed by atoms with Crippen LogP contribution in [0.5, 0.6) is 0 Å². The fourth-order valence-electron chi connectivity index (χ4n) is 3.48.